The van der Waals surface area contributed by atoms with E-state index in [1.807, 2.05) is 40.9 Å². The van der Waals surface area contributed by atoms with Crippen LogP contribution in [0, 0.1) is 0 Å². The Bertz CT molecular complexity index is 1470. The molecule has 0 unspecified atom stereocenters. The van der Waals surface area contributed by atoms with Crippen molar-refractivity contribution >= 4 is 38.9 Å². The van der Waals surface area contributed by atoms with Crippen LogP contribution < -0.4 is 5.32 Å². The van der Waals surface area contributed by atoms with Crippen LogP contribution in [0.1, 0.15) is 10.4 Å². The number of benzene rings is 2. The highest BCUT2D eigenvalue weighted by Gasteiger charge is 2.27. The van der Waals surface area contributed by atoms with Gasteiger partial charge in [-0.05, 0) is 30.3 Å². The topological polar surface area (TPSA) is 93.0 Å². The van der Waals surface area contributed by atoms with E-state index in [-0.39, 0.29) is 28.7 Å². The predicted octanol–water partition coefficient (Wildman–Crippen LogP) is 3.93. The molecule has 0 radical (unpaired) electrons. The Balaban J connectivity index is 1.40. The number of carbonyl (C=O) groups excluding carboxylic acids is 1. The Labute approximate surface area is 201 Å². The maximum atomic E-state index is 13.0. The summed E-state index contributed by atoms with van der Waals surface area (Å²) in [6, 6.07) is 17.4. The minimum absolute atomic E-state index is 0.0605. The molecular weight excluding hydrogens is 476 g/mol. The zero-order valence-electron chi connectivity index (χ0n) is 18.0. The Morgan fingerprint density at radius 2 is 1.79 bits per heavy atom. The Morgan fingerprint density at radius 1 is 1.03 bits per heavy atom. The highest BCUT2D eigenvalue weighted by Crippen LogP contribution is 2.28. The molecule has 1 N–H and O–H groups in total. The first-order valence-corrected chi connectivity index (χ1v) is 12.5. The number of fused-ring (bicyclic) bond motifs is 1. The number of nitrogens with zero attached hydrogens (tertiary/aromatic N) is 3. The second-order valence-electron chi connectivity index (χ2n) is 7.79. The molecule has 34 heavy (non-hydrogen) atoms. The number of pyridine rings is 1. The maximum absolute atomic E-state index is 13.0. The molecule has 1 fully saturated rings. The number of amides is 1. The number of ether oxygens (including phenoxy) is 1. The van der Waals surface area contributed by atoms with Crippen molar-refractivity contribution in [3.8, 4) is 11.3 Å². The van der Waals surface area contributed by atoms with E-state index in [2.05, 4.69) is 10.3 Å². The average molecular weight is 497 g/mol. The quantitative estimate of drug-likeness (QED) is 0.452. The first-order valence-electron chi connectivity index (χ1n) is 10.6. The van der Waals surface area contributed by atoms with E-state index in [4.69, 9.17) is 16.3 Å². The number of rotatable bonds is 5. The molecule has 0 aliphatic carbocycles. The van der Waals surface area contributed by atoms with Crippen molar-refractivity contribution in [2.24, 2.45) is 0 Å². The van der Waals surface area contributed by atoms with Crippen molar-refractivity contribution in [1.82, 2.24) is 13.7 Å². The van der Waals surface area contributed by atoms with Crippen LogP contribution in [0.2, 0.25) is 5.02 Å². The van der Waals surface area contributed by atoms with Crippen LogP contribution in [0.4, 0.5) is 5.69 Å². The third kappa shape index (κ3) is 4.43. The Morgan fingerprint density at radius 3 is 2.56 bits per heavy atom. The van der Waals surface area contributed by atoms with Gasteiger partial charge in [-0.25, -0.2) is 13.4 Å². The van der Waals surface area contributed by atoms with Crippen LogP contribution in [0.15, 0.2) is 78.0 Å². The number of sulfonamides is 1. The van der Waals surface area contributed by atoms with Crippen molar-refractivity contribution in [2.75, 3.05) is 31.6 Å². The summed E-state index contributed by atoms with van der Waals surface area (Å²) in [5, 5.41) is 2.97. The highest BCUT2D eigenvalue weighted by molar-refractivity contribution is 7.89. The third-order valence-electron chi connectivity index (χ3n) is 5.59. The smallest absolute Gasteiger partial charge is 0.255 e. The van der Waals surface area contributed by atoms with Gasteiger partial charge in [0.25, 0.3) is 5.91 Å². The molecule has 5 rings (SSSR count). The van der Waals surface area contributed by atoms with Gasteiger partial charge in [-0.2, -0.15) is 4.31 Å². The Kier molecular flexibility index (Phi) is 6.09. The monoisotopic (exact) mass is 496 g/mol. The van der Waals surface area contributed by atoms with Gasteiger partial charge in [-0.1, -0.05) is 41.9 Å². The van der Waals surface area contributed by atoms with E-state index in [1.54, 1.807) is 18.3 Å². The molecule has 2 aromatic heterocycles. The van der Waals surface area contributed by atoms with E-state index < -0.39 is 15.9 Å². The molecule has 8 nitrogen and oxygen atoms in total. The van der Waals surface area contributed by atoms with E-state index in [0.717, 1.165) is 11.3 Å². The summed E-state index contributed by atoms with van der Waals surface area (Å²) in [7, 11) is -3.72. The molecule has 0 spiro atoms. The lowest BCUT2D eigenvalue weighted by molar-refractivity contribution is 0.0730. The van der Waals surface area contributed by atoms with Crippen LogP contribution in [0.3, 0.4) is 0 Å². The van der Waals surface area contributed by atoms with Gasteiger partial charge >= 0.3 is 0 Å². The van der Waals surface area contributed by atoms with E-state index in [9.17, 15) is 13.2 Å². The SMILES string of the molecule is O=C(Nc1cc(S(=O)(=O)N2CCOCC2)ccc1Cl)c1ccn2cc(-c3ccccc3)nc2c1. The van der Waals surface area contributed by atoms with Crippen LogP contribution in [0.5, 0.6) is 0 Å². The van der Waals surface area contributed by atoms with Gasteiger partial charge in [-0.15, -0.1) is 0 Å². The highest BCUT2D eigenvalue weighted by atomic mass is 35.5. The largest absolute Gasteiger partial charge is 0.379 e. The van der Waals surface area contributed by atoms with Crippen LogP contribution in [-0.4, -0.2) is 54.3 Å². The van der Waals surface area contributed by atoms with Gasteiger partial charge in [0.15, 0.2) is 0 Å². The molecule has 1 aliphatic rings. The normalized spacial score (nSPS) is 14.9. The number of morpholine rings is 1. The minimum Gasteiger partial charge on any atom is -0.379 e. The van der Waals surface area contributed by atoms with Crippen molar-refractivity contribution in [1.29, 1.82) is 0 Å². The lowest BCUT2D eigenvalue weighted by atomic mass is 10.2. The first kappa shape index (κ1) is 22.5. The summed E-state index contributed by atoms with van der Waals surface area (Å²) < 4.78 is 34.4. The number of anilines is 1. The number of aromatic nitrogens is 2. The fourth-order valence-electron chi connectivity index (χ4n) is 3.76. The van der Waals surface area contributed by atoms with Gasteiger partial charge in [0, 0.05) is 36.6 Å². The van der Waals surface area contributed by atoms with E-state index in [0.29, 0.717) is 24.4 Å². The minimum atomic E-state index is -3.72. The average Bonchev–Trinajstić information content (AvgIpc) is 3.30. The molecular formula is C24H21ClN4O4S. The molecule has 10 heteroatoms. The molecule has 4 aromatic rings. The van der Waals surface area contributed by atoms with Gasteiger partial charge in [0.2, 0.25) is 10.0 Å². The van der Waals surface area contributed by atoms with Crippen LogP contribution in [0.25, 0.3) is 16.9 Å². The summed E-state index contributed by atoms with van der Waals surface area (Å²) in [4.78, 5) is 17.6. The number of nitrogens with one attached hydrogen (secondary N) is 1. The van der Waals surface area contributed by atoms with Crippen molar-refractivity contribution in [3.05, 3.63) is 83.6 Å². The number of carbonyl (C=O) groups is 1. The molecule has 1 amide bonds. The zero-order valence-corrected chi connectivity index (χ0v) is 19.6. The fourth-order valence-corrected chi connectivity index (χ4v) is 5.36. The predicted molar refractivity (Wildman–Crippen MR) is 130 cm³/mol. The summed E-state index contributed by atoms with van der Waals surface area (Å²) in [6.45, 7) is 1.25. The van der Waals surface area contributed by atoms with Crippen LogP contribution in [-0.2, 0) is 14.8 Å². The standard InChI is InChI=1S/C24H21ClN4O4S/c25-20-7-6-19(34(31,32)29-10-12-33-13-11-29)15-21(20)27-24(30)18-8-9-28-16-22(26-23(28)14-18)17-4-2-1-3-5-17/h1-9,14-16H,10-13H2,(H,27,30). The molecule has 1 saturated heterocycles. The number of hydrogen-bond acceptors (Lipinski definition) is 5. The van der Waals surface area contributed by atoms with Crippen LogP contribution >= 0.6 is 11.6 Å². The fraction of sp³-hybridized carbons (Fsp3) is 0.167. The summed E-state index contributed by atoms with van der Waals surface area (Å²) in [5.74, 6) is -0.422. The third-order valence-corrected chi connectivity index (χ3v) is 7.81. The molecule has 3 heterocycles. The number of halogens is 1. The number of hydrogen-bond donors (Lipinski definition) is 1. The van der Waals surface area contributed by atoms with Crippen molar-refractivity contribution in [2.45, 2.75) is 4.90 Å². The Hall–Kier alpha value is -3.24. The second-order valence-corrected chi connectivity index (χ2v) is 10.1. The molecule has 0 bridgehead atoms. The zero-order chi connectivity index (χ0) is 23.7. The maximum Gasteiger partial charge on any atom is 0.255 e. The van der Waals surface area contributed by atoms with Gasteiger partial charge < -0.3 is 14.5 Å². The van der Waals surface area contributed by atoms with Gasteiger partial charge in [-0.3, -0.25) is 4.79 Å². The summed E-state index contributed by atoms with van der Waals surface area (Å²) >= 11 is 6.27. The lowest BCUT2D eigenvalue weighted by Crippen LogP contribution is -2.40. The molecule has 174 valence electrons. The summed E-state index contributed by atoms with van der Waals surface area (Å²) in [6.07, 6.45) is 3.65. The second kappa shape index (κ2) is 9.19. The molecule has 1 aliphatic heterocycles. The summed E-state index contributed by atoms with van der Waals surface area (Å²) in [5.41, 5.74) is 2.97. The molecule has 0 atom stereocenters. The molecule has 2 aromatic carbocycles. The van der Waals surface area contributed by atoms with Gasteiger partial charge in [0.1, 0.15) is 5.65 Å². The first-order chi connectivity index (χ1) is 16.4. The van der Waals surface area contributed by atoms with Gasteiger partial charge in [0.05, 0.1) is 34.5 Å². The van der Waals surface area contributed by atoms with E-state index >= 15 is 0 Å². The van der Waals surface area contributed by atoms with E-state index in [1.165, 1.54) is 22.5 Å². The molecule has 0 saturated carbocycles. The van der Waals surface area contributed by atoms with Crippen molar-refractivity contribution < 1.29 is 17.9 Å². The number of imidazole rings is 1. The van der Waals surface area contributed by atoms with Crippen molar-refractivity contribution in [3.63, 3.8) is 0 Å². The lowest BCUT2D eigenvalue weighted by Gasteiger charge is -2.26.